The summed E-state index contributed by atoms with van der Waals surface area (Å²) in [5.41, 5.74) is 0.0403. The number of hydrogen-bond acceptors (Lipinski definition) is 3. The summed E-state index contributed by atoms with van der Waals surface area (Å²) in [6, 6.07) is 1.55. The number of fused-ring (bicyclic) bond motifs is 1. The molecule has 0 amide bonds. The molecule has 4 radical (unpaired) electrons. The Hall–Kier alpha value is -1.58. The van der Waals surface area contributed by atoms with Crippen molar-refractivity contribution in [1.29, 1.82) is 0 Å². The van der Waals surface area contributed by atoms with Gasteiger partial charge in [-0.3, -0.25) is 9.78 Å². The number of H-pyrrole nitrogens is 1. The Morgan fingerprint density at radius 3 is 2.92 bits per heavy atom. The standard InChI is InChI=1S/C7H3B2N3O/c8-4-1-3-2-10-12-7(13)5(3)6(9)11-4/h1-2H,(H,12,13). The van der Waals surface area contributed by atoms with E-state index in [2.05, 4.69) is 15.2 Å². The van der Waals surface area contributed by atoms with Gasteiger partial charge in [0.2, 0.25) is 0 Å². The van der Waals surface area contributed by atoms with E-state index in [4.69, 9.17) is 15.7 Å². The van der Waals surface area contributed by atoms with E-state index < -0.39 is 0 Å². The van der Waals surface area contributed by atoms with Crippen molar-refractivity contribution >= 4 is 37.7 Å². The van der Waals surface area contributed by atoms with Crippen LogP contribution in [0.2, 0.25) is 0 Å². The Balaban J connectivity index is 3.03. The smallest absolute Gasteiger partial charge is 0.272 e. The average Bonchev–Trinajstić information content (AvgIpc) is 2.02. The van der Waals surface area contributed by atoms with Gasteiger partial charge in [0.15, 0.2) is 0 Å². The van der Waals surface area contributed by atoms with Gasteiger partial charge in [0, 0.05) is 11.0 Å². The maximum Gasteiger partial charge on any atom is 0.272 e. The minimum atomic E-state index is -0.359. The fourth-order valence-corrected chi connectivity index (χ4v) is 1.17. The quantitative estimate of drug-likeness (QED) is 0.457. The van der Waals surface area contributed by atoms with Crippen LogP contribution in [0.3, 0.4) is 0 Å². The fraction of sp³-hybridized carbons (Fsp3) is 0. The minimum Gasteiger partial charge on any atom is -0.280 e. The number of pyridine rings is 1. The van der Waals surface area contributed by atoms with Crippen molar-refractivity contribution in [1.82, 2.24) is 15.2 Å². The van der Waals surface area contributed by atoms with Crippen molar-refractivity contribution in [3.63, 3.8) is 0 Å². The lowest BCUT2D eigenvalue weighted by atomic mass is 9.93. The Morgan fingerprint density at radius 2 is 2.15 bits per heavy atom. The summed E-state index contributed by atoms with van der Waals surface area (Å²) in [5.74, 6) is 0. The molecule has 0 atom stereocenters. The van der Waals surface area contributed by atoms with Crippen molar-refractivity contribution in [3.8, 4) is 0 Å². The first-order valence-electron chi connectivity index (χ1n) is 3.58. The van der Waals surface area contributed by atoms with Crippen LogP contribution in [0.4, 0.5) is 0 Å². The second kappa shape index (κ2) is 2.73. The average molecular weight is 167 g/mol. The summed E-state index contributed by atoms with van der Waals surface area (Å²) >= 11 is 0. The number of nitrogens with one attached hydrogen (secondary N) is 1. The lowest BCUT2D eigenvalue weighted by Gasteiger charge is -2.01. The second-order valence-electron chi connectivity index (χ2n) is 2.60. The molecule has 2 rings (SSSR count). The molecular formula is C7H3B2N3O. The van der Waals surface area contributed by atoms with Crippen molar-refractivity contribution < 1.29 is 0 Å². The zero-order valence-corrected chi connectivity index (χ0v) is 6.61. The van der Waals surface area contributed by atoms with Crippen molar-refractivity contribution in [2.75, 3.05) is 0 Å². The van der Waals surface area contributed by atoms with Crippen LogP contribution in [0.15, 0.2) is 17.1 Å². The number of hydrogen-bond donors (Lipinski definition) is 1. The van der Waals surface area contributed by atoms with Gasteiger partial charge < -0.3 is 0 Å². The first-order chi connectivity index (χ1) is 6.18. The molecule has 6 heteroatoms. The molecule has 1 N–H and O–H groups in total. The zero-order chi connectivity index (χ0) is 9.42. The summed E-state index contributed by atoms with van der Waals surface area (Å²) in [6.07, 6.45) is 1.48. The largest absolute Gasteiger partial charge is 0.280 e. The molecule has 0 aliphatic heterocycles. The van der Waals surface area contributed by atoms with E-state index in [9.17, 15) is 4.79 Å². The highest BCUT2D eigenvalue weighted by Crippen LogP contribution is 1.98. The summed E-state index contributed by atoms with van der Waals surface area (Å²) in [7, 11) is 11.0. The van der Waals surface area contributed by atoms with Gasteiger partial charge in [-0.05, 0) is 11.7 Å². The first kappa shape index (κ1) is 8.04. The van der Waals surface area contributed by atoms with E-state index in [0.29, 0.717) is 10.8 Å². The molecule has 2 heterocycles. The number of nitrogens with zero attached hydrogens (tertiary/aromatic N) is 2. The maximum atomic E-state index is 11.2. The van der Waals surface area contributed by atoms with Crippen LogP contribution in [0.1, 0.15) is 0 Å². The highest BCUT2D eigenvalue weighted by atomic mass is 16.1. The molecule has 0 saturated heterocycles. The van der Waals surface area contributed by atoms with E-state index >= 15 is 0 Å². The molecule has 58 valence electrons. The van der Waals surface area contributed by atoms with Crippen molar-refractivity contribution in [3.05, 3.63) is 22.6 Å². The molecule has 0 unspecified atom stereocenters. The molecule has 2 aromatic heterocycles. The monoisotopic (exact) mass is 167 g/mol. The van der Waals surface area contributed by atoms with Crippen LogP contribution in [0.5, 0.6) is 0 Å². The zero-order valence-electron chi connectivity index (χ0n) is 6.61. The van der Waals surface area contributed by atoms with Gasteiger partial charge in [0.05, 0.1) is 11.6 Å². The van der Waals surface area contributed by atoms with Gasteiger partial charge in [-0.2, -0.15) is 5.10 Å². The Bertz CT molecular complexity index is 523. The van der Waals surface area contributed by atoms with Crippen LogP contribution in [-0.4, -0.2) is 30.9 Å². The SMILES string of the molecule is [B]c1cc2cn[nH]c(=O)c2c([B])n1. The molecule has 0 bridgehead atoms. The van der Waals surface area contributed by atoms with E-state index in [1.54, 1.807) is 6.07 Å². The predicted molar refractivity (Wildman–Crippen MR) is 50.9 cm³/mol. The van der Waals surface area contributed by atoms with Crippen LogP contribution >= 0.6 is 0 Å². The molecule has 13 heavy (non-hydrogen) atoms. The molecule has 4 nitrogen and oxygen atoms in total. The number of aromatic amines is 1. The highest BCUT2D eigenvalue weighted by Gasteiger charge is 2.02. The summed E-state index contributed by atoms with van der Waals surface area (Å²) < 4.78 is 0. The third-order valence-electron chi connectivity index (χ3n) is 1.69. The summed E-state index contributed by atoms with van der Waals surface area (Å²) in [6.45, 7) is 0. The molecule has 2 aromatic rings. The van der Waals surface area contributed by atoms with Crippen LogP contribution in [0.25, 0.3) is 10.8 Å². The van der Waals surface area contributed by atoms with Crippen LogP contribution in [-0.2, 0) is 0 Å². The van der Waals surface area contributed by atoms with Crippen molar-refractivity contribution in [2.45, 2.75) is 0 Å². The molecule has 0 aromatic carbocycles. The predicted octanol–water partition coefficient (Wildman–Crippen LogP) is -2.09. The van der Waals surface area contributed by atoms with Gasteiger partial charge in [-0.15, -0.1) is 0 Å². The second-order valence-corrected chi connectivity index (χ2v) is 2.60. The Kier molecular flexibility index (Phi) is 1.68. The molecule has 0 aliphatic carbocycles. The Labute approximate surface area is 76.2 Å². The van der Waals surface area contributed by atoms with Gasteiger partial charge in [-0.1, -0.05) is 0 Å². The third kappa shape index (κ3) is 1.24. The maximum absolute atomic E-state index is 11.2. The fourth-order valence-electron chi connectivity index (χ4n) is 1.17. The normalized spacial score (nSPS) is 10.5. The van der Waals surface area contributed by atoms with Gasteiger partial charge in [0.25, 0.3) is 5.56 Å². The third-order valence-corrected chi connectivity index (χ3v) is 1.69. The van der Waals surface area contributed by atoms with E-state index in [0.717, 1.165) is 0 Å². The Morgan fingerprint density at radius 1 is 1.38 bits per heavy atom. The topological polar surface area (TPSA) is 58.6 Å². The molecule has 0 spiro atoms. The van der Waals surface area contributed by atoms with Crippen LogP contribution in [0, 0.1) is 0 Å². The first-order valence-corrected chi connectivity index (χ1v) is 3.58. The van der Waals surface area contributed by atoms with Crippen molar-refractivity contribution in [2.24, 2.45) is 0 Å². The molecule has 0 saturated carbocycles. The number of aromatic nitrogens is 3. The van der Waals surface area contributed by atoms with E-state index in [1.807, 2.05) is 0 Å². The van der Waals surface area contributed by atoms with Gasteiger partial charge >= 0.3 is 0 Å². The minimum absolute atomic E-state index is 0.124. The van der Waals surface area contributed by atoms with E-state index in [-0.39, 0.29) is 16.7 Å². The lowest BCUT2D eigenvalue weighted by Crippen LogP contribution is -2.26. The number of rotatable bonds is 0. The highest BCUT2D eigenvalue weighted by molar-refractivity contribution is 6.39. The molecular weight excluding hydrogens is 164 g/mol. The lowest BCUT2D eigenvalue weighted by molar-refractivity contribution is 1.01. The summed E-state index contributed by atoms with van der Waals surface area (Å²) in [4.78, 5) is 15.0. The molecule has 0 fully saturated rings. The van der Waals surface area contributed by atoms with Gasteiger partial charge in [-0.25, -0.2) is 5.10 Å². The van der Waals surface area contributed by atoms with Gasteiger partial charge in [0.1, 0.15) is 15.7 Å². The van der Waals surface area contributed by atoms with Crippen LogP contribution < -0.4 is 16.7 Å². The summed E-state index contributed by atoms with van der Waals surface area (Å²) in [5, 5.41) is 6.80. The van der Waals surface area contributed by atoms with E-state index in [1.165, 1.54) is 6.20 Å². The molecule has 0 aliphatic rings.